The van der Waals surface area contributed by atoms with E-state index in [1.165, 1.54) is 44.5 Å². The maximum Gasteiger partial charge on any atom is 0.0193 e. The van der Waals surface area contributed by atoms with Crippen molar-refractivity contribution in [2.24, 2.45) is 0 Å². The largest absolute Gasteiger partial charge is 0.313 e. The topological polar surface area (TPSA) is 24.1 Å². The summed E-state index contributed by atoms with van der Waals surface area (Å²) in [7, 11) is 0. The first-order chi connectivity index (χ1) is 6.84. The van der Waals surface area contributed by atoms with E-state index in [1.54, 1.807) is 0 Å². The highest BCUT2D eigenvalue weighted by atomic mass is 32.2. The van der Waals surface area contributed by atoms with Crippen LogP contribution in [-0.2, 0) is 0 Å². The van der Waals surface area contributed by atoms with Gasteiger partial charge in [0.15, 0.2) is 0 Å². The van der Waals surface area contributed by atoms with Gasteiger partial charge in [0.05, 0.1) is 0 Å². The third-order valence-electron chi connectivity index (χ3n) is 3.32. The van der Waals surface area contributed by atoms with Crippen LogP contribution in [0.2, 0.25) is 0 Å². The van der Waals surface area contributed by atoms with Gasteiger partial charge in [-0.3, -0.25) is 0 Å². The van der Waals surface area contributed by atoms with Crippen molar-refractivity contribution in [2.45, 2.75) is 49.9 Å². The summed E-state index contributed by atoms with van der Waals surface area (Å²) in [5, 5.41) is 8.14. The lowest BCUT2D eigenvalue weighted by atomic mass is 10.0. The van der Waals surface area contributed by atoms with Crippen molar-refractivity contribution in [3.63, 3.8) is 0 Å². The van der Waals surface area contributed by atoms with Gasteiger partial charge >= 0.3 is 0 Å². The van der Waals surface area contributed by atoms with E-state index in [2.05, 4.69) is 29.3 Å². The molecule has 0 amide bonds. The van der Waals surface area contributed by atoms with E-state index in [-0.39, 0.29) is 0 Å². The fraction of sp³-hybridized carbons (Fsp3) is 1.00. The summed E-state index contributed by atoms with van der Waals surface area (Å²) in [5.74, 6) is 1.38. The normalized spacial score (nSPS) is 38.8. The van der Waals surface area contributed by atoms with Gasteiger partial charge < -0.3 is 10.6 Å². The highest BCUT2D eigenvalue weighted by Crippen LogP contribution is 2.25. The molecule has 0 aromatic rings. The van der Waals surface area contributed by atoms with E-state index in [0.717, 1.165) is 17.3 Å². The first-order valence-electron chi connectivity index (χ1n) is 5.93. The van der Waals surface area contributed by atoms with E-state index >= 15 is 0 Å². The smallest absolute Gasteiger partial charge is 0.0193 e. The number of rotatable bonds is 3. The van der Waals surface area contributed by atoms with Crippen LogP contribution in [0, 0.1) is 0 Å². The highest BCUT2D eigenvalue weighted by Gasteiger charge is 2.20. The SMILES string of the molecule is CC1CCC(NCC2CCCS2)CN1. The molecule has 0 radical (unpaired) electrons. The molecule has 2 N–H and O–H groups in total. The van der Waals surface area contributed by atoms with Crippen LogP contribution in [0.15, 0.2) is 0 Å². The van der Waals surface area contributed by atoms with Crippen LogP contribution in [0.5, 0.6) is 0 Å². The third-order valence-corrected chi connectivity index (χ3v) is 4.72. The molecule has 2 saturated heterocycles. The summed E-state index contributed by atoms with van der Waals surface area (Å²) in [5.41, 5.74) is 0. The van der Waals surface area contributed by atoms with Gasteiger partial charge in [-0.15, -0.1) is 0 Å². The van der Waals surface area contributed by atoms with Crippen molar-refractivity contribution in [3.05, 3.63) is 0 Å². The monoisotopic (exact) mass is 214 g/mol. The summed E-state index contributed by atoms with van der Waals surface area (Å²) in [6.07, 6.45) is 5.53. The maximum atomic E-state index is 3.70. The van der Waals surface area contributed by atoms with Gasteiger partial charge in [0.2, 0.25) is 0 Å². The van der Waals surface area contributed by atoms with E-state index in [9.17, 15) is 0 Å². The molecule has 0 aromatic heterocycles. The molecule has 2 rings (SSSR count). The number of thioether (sulfide) groups is 1. The van der Waals surface area contributed by atoms with Gasteiger partial charge in [0, 0.05) is 30.4 Å². The summed E-state index contributed by atoms with van der Waals surface area (Å²) in [6, 6.07) is 1.46. The second-order valence-electron chi connectivity index (χ2n) is 4.63. The Bertz CT molecular complexity index is 161. The van der Waals surface area contributed by atoms with Crippen molar-refractivity contribution in [1.82, 2.24) is 10.6 Å². The third kappa shape index (κ3) is 3.14. The zero-order valence-electron chi connectivity index (χ0n) is 9.09. The highest BCUT2D eigenvalue weighted by molar-refractivity contribution is 8.00. The molecule has 2 aliphatic heterocycles. The van der Waals surface area contributed by atoms with Gasteiger partial charge in [-0.1, -0.05) is 0 Å². The molecule has 0 saturated carbocycles. The van der Waals surface area contributed by atoms with Crippen molar-refractivity contribution in [2.75, 3.05) is 18.8 Å². The molecule has 2 fully saturated rings. The van der Waals surface area contributed by atoms with Crippen LogP contribution in [0.3, 0.4) is 0 Å². The number of hydrogen-bond donors (Lipinski definition) is 2. The molecular formula is C11H22N2S. The summed E-state index contributed by atoms with van der Waals surface area (Å²) in [6.45, 7) is 4.67. The lowest BCUT2D eigenvalue weighted by Crippen LogP contribution is -2.48. The lowest BCUT2D eigenvalue weighted by Gasteiger charge is -2.29. The predicted octanol–water partition coefficient (Wildman–Crippen LogP) is 1.61. The van der Waals surface area contributed by atoms with E-state index in [1.807, 2.05) is 0 Å². The van der Waals surface area contributed by atoms with Gasteiger partial charge in [-0.25, -0.2) is 0 Å². The molecule has 14 heavy (non-hydrogen) atoms. The Morgan fingerprint density at radius 3 is 2.93 bits per heavy atom. The number of hydrogen-bond acceptors (Lipinski definition) is 3. The summed E-state index contributed by atoms with van der Waals surface area (Å²) in [4.78, 5) is 0. The van der Waals surface area contributed by atoms with Crippen molar-refractivity contribution >= 4 is 11.8 Å². The number of nitrogens with one attached hydrogen (secondary N) is 2. The standard InChI is InChI=1S/C11H22N2S/c1-9-4-5-10(7-12-9)13-8-11-3-2-6-14-11/h9-13H,2-8H2,1H3. The van der Waals surface area contributed by atoms with Crippen LogP contribution in [0.1, 0.15) is 32.6 Å². The van der Waals surface area contributed by atoms with E-state index < -0.39 is 0 Å². The Morgan fingerprint density at radius 2 is 2.29 bits per heavy atom. The van der Waals surface area contributed by atoms with Gasteiger partial charge in [-0.2, -0.15) is 11.8 Å². The summed E-state index contributed by atoms with van der Waals surface area (Å²) >= 11 is 2.15. The minimum Gasteiger partial charge on any atom is -0.313 e. The predicted molar refractivity (Wildman–Crippen MR) is 64.0 cm³/mol. The van der Waals surface area contributed by atoms with Crippen molar-refractivity contribution in [1.29, 1.82) is 0 Å². The van der Waals surface area contributed by atoms with Crippen LogP contribution >= 0.6 is 11.8 Å². The minimum absolute atomic E-state index is 0.729. The van der Waals surface area contributed by atoms with E-state index in [4.69, 9.17) is 0 Å². The molecule has 0 bridgehead atoms. The van der Waals surface area contributed by atoms with Gasteiger partial charge in [0.1, 0.15) is 0 Å². The quantitative estimate of drug-likeness (QED) is 0.746. The second kappa shape index (κ2) is 5.38. The fourth-order valence-corrected chi connectivity index (χ4v) is 3.49. The Labute approximate surface area is 91.6 Å². The second-order valence-corrected chi connectivity index (χ2v) is 6.04. The Balaban J connectivity index is 1.60. The van der Waals surface area contributed by atoms with Gasteiger partial charge in [0.25, 0.3) is 0 Å². The molecule has 2 aliphatic rings. The zero-order chi connectivity index (χ0) is 9.80. The number of piperidine rings is 1. The molecule has 3 unspecified atom stereocenters. The average Bonchev–Trinajstić information content (AvgIpc) is 2.70. The zero-order valence-corrected chi connectivity index (χ0v) is 9.91. The molecule has 3 heteroatoms. The Morgan fingerprint density at radius 1 is 1.36 bits per heavy atom. The van der Waals surface area contributed by atoms with Crippen LogP contribution < -0.4 is 10.6 Å². The van der Waals surface area contributed by atoms with Crippen LogP contribution in [-0.4, -0.2) is 36.2 Å². The van der Waals surface area contributed by atoms with Crippen LogP contribution in [0.25, 0.3) is 0 Å². The van der Waals surface area contributed by atoms with Crippen molar-refractivity contribution in [3.8, 4) is 0 Å². The first kappa shape index (κ1) is 10.8. The average molecular weight is 214 g/mol. The first-order valence-corrected chi connectivity index (χ1v) is 6.98. The lowest BCUT2D eigenvalue weighted by molar-refractivity contribution is 0.339. The summed E-state index contributed by atoms with van der Waals surface area (Å²) < 4.78 is 0. The molecule has 3 atom stereocenters. The maximum absolute atomic E-state index is 3.70. The molecule has 2 nitrogen and oxygen atoms in total. The fourth-order valence-electron chi connectivity index (χ4n) is 2.28. The molecule has 82 valence electrons. The molecule has 0 aliphatic carbocycles. The molecular weight excluding hydrogens is 192 g/mol. The van der Waals surface area contributed by atoms with Crippen LogP contribution in [0.4, 0.5) is 0 Å². The minimum atomic E-state index is 0.729. The molecule has 0 aromatic carbocycles. The van der Waals surface area contributed by atoms with E-state index in [0.29, 0.717) is 0 Å². The van der Waals surface area contributed by atoms with Crippen molar-refractivity contribution < 1.29 is 0 Å². The Kier molecular flexibility index (Phi) is 4.14. The van der Waals surface area contributed by atoms with Gasteiger partial charge in [-0.05, 0) is 38.4 Å². The molecule has 2 heterocycles. The molecule has 0 spiro atoms. The Hall–Kier alpha value is 0.270.